The van der Waals surface area contributed by atoms with Gasteiger partial charge in [0.15, 0.2) is 0 Å². The molecule has 0 aliphatic rings. The van der Waals surface area contributed by atoms with Crippen LogP contribution in [0.25, 0.3) is 6.08 Å². The molecule has 0 spiro atoms. The van der Waals surface area contributed by atoms with Crippen molar-refractivity contribution in [2.75, 3.05) is 27.7 Å². The third-order valence-corrected chi connectivity index (χ3v) is 3.80. The molecule has 4 nitrogen and oxygen atoms in total. The third kappa shape index (κ3) is 5.25. The Morgan fingerprint density at radius 1 is 1.17 bits per heavy atom. The van der Waals surface area contributed by atoms with Crippen molar-refractivity contribution in [2.24, 2.45) is 0 Å². The lowest BCUT2D eigenvalue weighted by atomic mass is 10.1. The van der Waals surface area contributed by atoms with E-state index < -0.39 is 0 Å². The molecule has 2 aromatic rings. The maximum absolute atomic E-state index is 12.1. The average Bonchev–Trinajstić information content (AvgIpc) is 2.61. The number of hydrogen-bond acceptors (Lipinski definition) is 3. The van der Waals surface area contributed by atoms with E-state index in [1.807, 2.05) is 74.8 Å². The van der Waals surface area contributed by atoms with Gasteiger partial charge in [-0.3, -0.25) is 4.79 Å². The number of rotatable bonds is 7. The predicted octanol–water partition coefficient (Wildman–Crippen LogP) is 3.13. The Bertz CT molecular complexity index is 681. The van der Waals surface area contributed by atoms with Crippen LogP contribution in [0.15, 0.2) is 60.7 Å². The number of ether oxygens (including phenoxy) is 1. The Morgan fingerprint density at radius 3 is 2.58 bits per heavy atom. The number of nitrogens with zero attached hydrogens (tertiary/aromatic N) is 1. The van der Waals surface area contributed by atoms with E-state index in [0.717, 1.165) is 16.9 Å². The number of carbonyl (C=O) groups excluding carboxylic acids is 1. The summed E-state index contributed by atoms with van der Waals surface area (Å²) in [6.45, 7) is 0.526. The van der Waals surface area contributed by atoms with Gasteiger partial charge >= 0.3 is 0 Å². The van der Waals surface area contributed by atoms with Crippen LogP contribution >= 0.6 is 0 Å². The second-order valence-electron chi connectivity index (χ2n) is 5.75. The van der Waals surface area contributed by atoms with Gasteiger partial charge < -0.3 is 15.0 Å². The number of carbonyl (C=O) groups is 1. The number of nitrogens with one attached hydrogen (secondary N) is 1. The summed E-state index contributed by atoms with van der Waals surface area (Å²) in [5.41, 5.74) is 2.11. The Morgan fingerprint density at radius 2 is 1.92 bits per heavy atom. The molecule has 0 aromatic heterocycles. The molecule has 0 fully saturated rings. The van der Waals surface area contributed by atoms with Crippen LogP contribution < -0.4 is 10.1 Å². The number of hydrogen-bond donors (Lipinski definition) is 1. The maximum atomic E-state index is 12.1. The monoisotopic (exact) mass is 324 g/mol. The van der Waals surface area contributed by atoms with Crippen LogP contribution in [0.1, 0.15) is 17.2 Å². The number of methoxy groups -OCH3 is 1. The molecule has 0 saturated carbocycles. The quantitative estimate of drug-likeness (QED) is 0.796. The Hall–Kier alpha value is -2.59. The average molecular weight is 324 g/mol. The Kier molecular flexibility index (Phi) is 6.58. The second-order valence-corrected chi connectivity index (χ2v) is 5.75. The maximum Gasteiger partial charge on any atom is 0.244 e. The van der Waals surface area contributed by atoms with Crippen LogP contribution in [0.2, 0.25) is 0 Å². The van der Waals surface area contributed by atoms with Gasteiger partial charge in [0.25, 0.3) is 0 Å². The molecule has 0 saturated heterocycles. The first-order valence-corrected chi connectivity index (χ1v) is 7.91. The first kappa shape index (κ1) is 17.8. The molecule has 1 atom stereocenters. The van der Waals surface area contributed by atoms with E-state index in [4.69, 9.17) is 4.74 Å². The summed E-state index contributed by atoms with van der Waals surface area (Å²) in [6.07, 6.45) is 3.37. The highest BCUT2D eigenvalue weighted by molar-refractivity contribution is 5.91. The lowest BCUT2D eigenvalue weighted by Gasteiger charge is -2.25. The van der Waals surface area contributed by atoms with E-state index in [2.05, 4.69) is 10.2 Å². The molecule has 4 heteroatoms. The highest BCUT2D eigenvalue weighted by Crippen LogP contribution is 2.22. The highest BCUT2D eigenvalue weighted by atomic mass is 16.5. The van der Waals surface area contributed by atoms with Crippen molar-refractivity contribution in [1.29, 1.82) is 0 Å². The molecule has 126 valence electrons. The van der Waals surface area contributed by atoms with Gasteiger partial charge in [0.1, 0.15) is 5.75 Å². The summed E-state index contributed by atoms with van der Waals surface area (Å²) in [6, 6.07) is 17.8. The zero-order chi connectivity index (χ0) is 17.4. The minimum Gasteiger partial charge on any atom is -0.497 e. The number of amides is 1. The molecule has 2 aromatic carbocycles. The summed E-state index contributed by atoms with van der Waals surface area (Å²) < 4.78 is 5.28. The van der Waals surface area contributed by atoms with E-state index in [-0.39, 0.29) is 11.9 Å². The van der Waals surface area contributed by atoms with Gasteiger partial charge in [-0.15, -0.1) is 0 Å². The van der Waals surface area contributed by atoms with Gasteiger partial charge in [-0.2, -0.15) is 0 Å². The van der Waals surface area contributed by atoms with Crippen molar-refractivity contribution in [3.05, 3.63) is 71.8 Å². The van der Waals surface area contributed by atoms with E-state index in [9.17, 15) is 4.79 Å². The predicted molar refractivity (Wildman–Crippen MR) is 97.9 cm³/mol. The molecule has 0 bridgehead atoms. The molecular weight excluding hydrogens is 300 g/mol. The van der Waals surface area contributed by atoms with Crippen LogP contribution in [0.4, 0.5) is 0 Å². The molecule has 2 rings (SSSR count). The smallest absolute Gasteiger partial charge is 0.244 e. The lowest BCUT2D eigenvalue weighted by molar-refractivity contribution is -0.116. The van der Waals surface area contributed by atoms with Crippen molar-refractivity contribution in [3.8, 4) is 5.75 Å². The van der Waals surface area contributed by atoms with Crippen molar-refractivity contribution in [2.45, 2.75) is 6.04 Å². The van der Waals surface area contributed by atoms with Crippen LogP contribution in [0.3, 0.4) is 0 Å². The van der Waals surface area contributed by atoms with Gasteiger partial charge in [0.05, 0.1) is 13.2 Å². The minimum absolute atomic E-state index is 0.0779. The van der Waals surface area contributed by atoms with Crippen LogP contribution in [0, 0.1) is 0 Å². The summed E-state index contributed by atoms with van der Waals surface area (Å²) in [4.78, 5) is 14.1. The highest BCUT2D eigenvalue weighted by Gasteiger charge is 2.15. The molecular formula is C20H24N2O2. The third-order valence-electron chi connectivity index (χ3n) is 3.80. The van der Waals surface area contributed by atoms with Gasteiger partial charge in [0, 0.05) is 12.6 Å². The molecule has 0 aliphatic heterocycles. The summed E-state index contributed by atoms with van der Waals surface area (Å²) in [7, 11) is 5.64. The van der Waals surface area contributed by atoms with Crippen LogP contribution in [-0.4, -0.2) is 38.6 Å². The van der Waals surface area contributed by atoms with Gasteiger partial charge in [-0.25, -0.2) is 0 Å². The SMILES string of the molecule is COc1cccc([C@@H](CNC(=O)/C=C\c2ccccc2)N(C)C)c1. The fourth-order valence-corrected chi connectivity index (χ4v) is 2.44. The fraction of sp³-hybridized carbons (Fsp3) is 0.250. The van der Waals surface area contributed by atoms with Gasteiger partial charge in [-0.05, 0) is 43.4 Å². The first-order chi connectivity index (χ1) is 11.6. The minimum atomic E-state index is -0.103. The number of benzene rings is 2. The zero-order valence-electron chi connectivity index (χ0n) is 14.4. The molecule has 1 N–H and O–H groups in total. The van der Waals surface area contributed by atoms with E-state index in [1.165, 1.54) is 0 Å². The second kappa shape index (κ2) is 8.89. The normalized spacial score (nSPS) is 12.3. The standard InChI is InChI=1S/C20H24N2O2/c1-22(2)19(17-10-7-11-18(14-17)24-3)15-21-20(23)13-12-16-8-5-4-6-9-16/h4-14,19H,15H2,1-3H3,(H,21,23)/b13-12-/t19-/m1/s1. The van der Waals surface area contributed by atoms with Gasteiger partial charge in [-0.1, -0.05) is 42.5 Å². The zero-order valence-corrected chi connectivity index (χ0v) is 14.4. The molecule has 0 aliphatic carbocycles. The summed E-state index contributed by atoms with van der Waals surface area (Å²) >= 11 is 0. The van der Waals surface area contributed by atoms with Crippen LogP contribution in [-0.2, 0) is 4.79 Å². The van der Waals surface area contributed by atoms with Crippen molar-refractivity contribution < 1.29 is 9.53 Å². The van der Waals surface area contributed by atoms with E-state index in [1.54, 1.807) is 13.2 Å². The Labute approximate surface area is 143 Å². The number of likely N-dealkylation sites (N-methyl/N-ethyl adjacent to an activating group) is 1. The molecule has 0 radical (unpaired) electrons. The summed E-state index contributed by atoms with van der Waals surface area (Å²) in [5, 5.41) is 2.96. The molecule has 0 heterocycles. The molecule has 0 unspecified atom stereocenters. The fourth-order valence-electron chi connectivity index (χ4n) is 2.44. The van der Waals surface area contributed by atoms with E-state index in [0.29, 0.717) is 6.54 Å². The topological polar surface area (TPSA) is 41.6 Å². The summed E-state index contributed by atoms with van der Waals surface area (Å²) in [5.74, 6) is 0.711. The first-order valence-electron chi connectivity index (χ1n) is 7.91. The van der Waals surface area contributed by atoms with Crippen molar-refractivity contribution in [3.63, 3.8) is 0 Å². The van der Waals surface area contributed by atoms with Crippen LogP contribution in [0.5, 0.6) is 5.75 Å². The lowest BCUT2D eigenvalue weighted by Crippen LogP contribution is -2.33. The van der Waals surface area contributed by atoms with Gasteiger partial charge in [0.2, 0.25) is 5.91 Å². The largest absolute Gasteiger partial charge is 0.497 e. The molecule has 1 amide bonds. The molecule has 24 heavy (non-hydrogen) atoms. The van der Waals surface area contributed by atoms with Crippen molar-refractivity contribution >= 4 is 12.0 Å². The Balaban J connectivity index is 1.98. The van der Waals surface area contributed by atoms with Crippen molar-refractivity contribution in [1.82, 2.24) is 10.2 Å². The van der Waals surface area contributed by atoms with E-state index >= 15 is 0 Å².